The Labute approximate surface area is 160 Å². The molecule has 0 saturated heterocycles. The minimum Gasteiger partial charge on any atom is -0.497 e. The number of benzene rings is 2. The number of thiocarbonyl (C=S) groups is 1. The highest BCUT2D eigenvalue weighted by molar-refractivity contribution is 7.80. The first-order valence-electron chi connectivity index (χ1n) is 8.29. The largest absolute Gasteiger partial charge is 0.497 e. The zero-order valence-electron chi connectivity index (χ0n) is 15.0. The SMILES string of the molecule is C=CCOc1ccc(NC(=S)N[C@@H](C)COc2ccc(OC)cc2)cc1. The Hall–Kier alpha value is -2.73. The Morgan fingerprint density at radius 2 is 1.62 bits per heavy atom. The lowest BCUT2D eigenvalue weighted by atomic mass is 10.3. The van der Waals surface area contributed by atoms with E-state index in [1.807, 2.05) is 55.5 Å². The van der Waals surface area contributed by atoms with Crippen molar-refractivity contribution in [1.29, 1.82) is 0 Å². The third kappa shape index (κ3) is 6.64. The van der Waals surface area contributed by atoms with E-state index >= 15 is 0 Å². The van der Waals surface area contributed by atoms with Gasteiger partial charge in [-0.15, -0.1) is 0 Å². The van der Waals surface area contributed by atoms with Crippen molar-refractivity contribution in [2.45, 2.75) is 13.0 Å². The maximum absolute atomic E-state index is 5.74. The van der Waals surface area contributed by atoms with Gasteiger partial charge < -0.3 is 24.8 Å². The molecule has 26 heavy (non-hydrogen) atoms. The van der Waals surface area contributed by atoms with Crippen LogP contribution in [-0.4, -0.2) is 31.5 Å². The molecular weight excluding hydrogens is 348 g/mol. The van der Waals surface area contributed by atoms with E-state index in [1.165, 1.54) is 0 Å². The molecule has 0 aliphatic rings. The Morgan fingerprint density at radius 1 is 1.04 bits per heavy atom. The van der Waals surface area contributed by atoms with Crippen LogP contribution in [-0.2, 0) is 0 Å². The Morgan fingerprint density at radius 3 is 2.23 bits per heavy atom. The number of rotatable bonds is 9. The van der Waals surface area contributed by atoms with E-state index in [0.29, 0.717) is 18.3 Å². The van der Waals surface area contributed by atoms with Gasteiger partial charge >= 0.3 is 0 Å². The molecule has 2 N–H and O–H groups in total. The van der Waals surface area contributed by atoms with Gasteiger partial charge in [-0.25, -0.2) is 0 Å². The predicted molar refractivity (Wildman–Crippen MR) is 109 cm³/mol. The molecule has 5 nitrogen and oxygen atoms in total. The van der Waals surface area contributed by atoms with Crippen LogP contribution in [0, 0.1) is 0 Å². The number of anilines is 1. The van der Waals surface area contributed by atoms with Gasteiger partial charge in [-0.3, -0.25) is 0 Å². The van der Waals surface area contributed by atoms with E-state index in [-0.39, 0.29) is 6.04 Å². The van der Waals surface area contributed by atoms with Crippen LogP contribution in [0.5, 0.6) is 17.2 Å². The molecule has 0 amide bonds. The summed E-state index contributed by atoms with van der Waals surface area (Å²) in [5, 5.41) is 6.88. The molecule has 0 spiro atoms. The molecular formula is C20H24N2O3S. The standard InChI is InChI=1S/C20H24N2O3S/c1-4-13-24-18-7-5-16(6-8-18)22-20(26)21-15(2)14-25-19-11-9-17(23-3)10-12-19/h4-12,15H,1,13-14H2,2-3H3,(H2,21,22,26)/t15-/m0/s1. The zero-order chi connectivity index (χ0) is 18.8. The molecule has 2 aromatic carbocycles. The fraction of sp³-hybridized carbons (Fsp3) is 0.250. The maximum Gasteiger partial charge on any atom is 0.171 e. The molecule has 0 unspecified atom stereocenters. The van der Waals surface area contributed by atoms with Crippen LogP contribution in [0.2, 0.25) is 0 Å². The van der Waals surface area contributed by atoms with Gasteiger partial charge in [0.2, 0.25) is 0 Å². The quantitative estimate of drug-likeness (QED) is 0.512. The van der Waals surface area contributed by atoms with E-state index in [9.17, 15) is 0 Å². The first-order valence-corrected chi connectivity index (χ1v) is 8.69. The Bertz CT molecular complexity index is 702. The van der Waals surface area contributed by atoms with Crippen LogP contribution in [0.1, 0.15) is 6.92 Å². The lowest BCUT2D eigenvalue weighted by molar-refractivity contribution is 0.286. The van der Waals surface area contributed by atoms with Crippen molar-refractivity contribution in [2.75, 3.05) is 25.6 Å². The lowest BCUT2D eigenvalue weighted by Gasteiger charge is -2.18. The van der Waals surface area contributed by atoms with Gasteiger partial charge in [0.25, 0.3) is 0 Å². The molecule has 2 rings (SSSR count). The van der Waals surface area contributed by atoms with Crippen LogP contribution < -0.4 is 24.8 Å². The Kier molecular flexibility index (Phi) is 7.76. The van der Waals surface area contributed by atoms with Crippen molar-refractivity contribution >= 4 is 23.0 Å². The number of ether oxygens (including phenoxy) is 3. The first-order chi connectivity index (χ1) is 12.6. The van der Waals surface area contributed by atoms with E-state index in [4.69, 9.17) is 26.4 Å². The van der Waals surface area contributed by atoms with Crippen molar-refractivity contribution in [3.05, 3.63) is 61.2 Å². The third-order valence-electron chi connectivity index (χ3n) is 3.42. The summed E-state index contributed by atoms with van der Waals surface area (Å²) >= 11 is 5.34. The maximum atomic E-state index is 5.74. The van der Waals surface area contributed by atoms with E-state index in [2.05, 4.69) is 17.2 Å². The van der Waals surface area contributed by atoms with Gasteiger partial charge in [-0.2, -0.15) is 0 Å². The molecule has 6 heteroatoms. The smallest absolute Gasteiger partial charge is 0.171 e. The molecule has 0 aromatic heterocycles. The van der Waals surface area contributed by atoms with Gasteiger partial charge in [0, 0.05) is 5.69 Å². The van der Waals surface area contributed by atoms with Crippen molar-refractivity contribution in [1.82, 2.24) is 5.32 Å². The highest BCUT2D eigenvalue weighted by Crippen LogP contribution is 2.17. The van der Waals surface area contributed by atoms with Crippen LogP contribution >= 0.6 is 12.2 Å². The second-order valence-corrected chi connectivity index (χ2v) is 6.02. The van der Waals surface area contributed by atoms with Gasteiger partial charge in [0.05, 0.1) is 13.2 Å². The fourth-order valence-corrected chi connectivity index (χ4v) is 2.43. The third-order valence-corrected chi connectivity index (χ3v) is 3.64. The van der Waals surface area contributed by atoms with E-state index < -0.39 is 0 Å². The highest BCUT2D eigenvalue weighted by atomic mass is 32.1. The molecule has 1 atom stereocenters. The summed E-state index contributed by atoms with van der Waals surface area (Å²) in [7, 11) is 1.64. The molecule has 0 heterocycles. The van der Waals surface area contributed by atoms with Crippen LogP contribution in [0.15, 0.2) is 61.2 Å². The molecule has 0 aliphatic carbocycles. The summed E-state index contributed by atoms with van der Waals surface area (Å²) < 4.78 is 16.3. The first kappa shape index (κ1) is 19.6. The van der Waals surface area contributed by atoms with Crippen LogP contribution in [0.4, 0.5) is 5.69 Å². The van der Waals surface area contributed by atoms with Crippen molar-refractivity contribution in [2.24, 2.45) is 0 Å². The minimum absolute atomic E-state index is 0.0484. The second kappa shape index (κ2) is 10.3. The normalized spacial score (nSPS) is 11.2. The van der Waals surface area contributed by atoms with Gasteiger partial charge in [-0.1, -0.05) is 12.7 Å². The van der Waals surface area contributed by atoms with E-state index in [0.717, 1.165) is 22.9 Å². The summed E-state index contributed by atoms with van der Waals surface area (Å²) in [6, 6.07) is 15.1. The van der Waals surface area contributed by atoms with E-state index in [1.54, 1.807) is 13.2 Å². The number of hydrogen-bond donors (Lipinski definition) is 2. The van der Waals surface area contributed by atoms with Gasteiger partial charge in [0.1, 0.15) is 30.5 Å². The highest BCUT2D eigenvalue weighted by Gasteiger charge is 2.06. The zero-order valence-corrected chi connectivity index (χ0v) is 15.8. The van der Waals surface area contributed by atoms with Gasteiger partial charge in [0.15, 0.2) is 5.11 Å². The number of nitrogens with one attached hydrogen (secondary N) is 2. The molecule has 138 valence electrons. The summed E-state index contributed by atoms with van der Waals surface area (Å²) in [4.78, 5) is 0. The number of methoxy groups -OCH3 is 1. The Balaban J connectivity index is 1.74. The van der Waals surface area contributed by atoms with Crippen molar-refractivity contribution in [3.63, 3.8) is 0 Å². The molecule has 0 fully saturated rings. The summed E-state index contributed by atoms with van der Waals surface area (Å²) in [6.45, 7) is 6.60. The second-order valence-electron chi connectivity index (χ2n) is 5.61. The van der Waals surface area contributed by atoms with Crippen LogP contribution in [0.3, 0.4) is 0 Å². The minimum atomic E-state index is 0.0484. The summed E-state index contributed by atoms with van der Waals surface area (Å²) in [5.74, 6) is 2.37. The molecule has 0 saturated carbocycles. The van der Waals surface area contributed by atoms with Crippen molar-refractivity contribution in [3.8, 4) is 17.2 Å². The molecule has 2 aromatic rings. The van der Waals surface area contributed by atoms with Gasteiger partial charge in [-0.05, 0) is 67.7 Å². The monoisotopic (exact) mass is 372 g/mol. The molecule has 0 bridgehead atoms. The topological polar surface area (TPSA) is 51.8 Å². The van der Waals surface area contributed by atoms with Crippen LogP contribution in [0.25, 0.3) is 0 Å². The fourth-order valence-electron chi connectivity index (χ4n) is 2.12. The van der Waals surface area contributed by atoms with Crippen molar-refractivity contribution < 1.29 is 14.2 Å². The molecule has 0 radical (unpaired) electrons. The summed E-state index contributed by atoms with van der Waals surface area (Å²) in [5.41, 5.74) is 0.886. The summed E-state index contributed by atoms with van der Waals surface area (Å²) in [6.07, 6.45) is 1.71. The average Bonchev–Trinajstić information content (AvgIpc) is 2.66. The lowest BCUT2D eigenvalue weighted by Crippen LogP contribution is -2.39. The molecule has 0 aliphatic heterocycles. The number of hydrogen-bond acceptors (Lipinski definition) is 4. The predicted octanol–water partition coefficient (Wildman–Crippen LogP) is 4.01. The average molecular weight is 372 g/mol.